The Bertz CT molecular complexity index is 86.2. The van der Waals surface area contributed by atoms with Crippen molar-refractivity contribution >= 4 is 0 Å². The highest BCUT2D eigenvalue weighted by molar-refractivity contribution is 4.58. The molecule has 0 aromatic rings. The number of likely N-dealkylation sites (N-methyl/N-ethyl adjacent to an activating group) is 3. The SMILES string of the molecule is CCNCCN(CC)CCNCC. The van der Waals surface area contributed by atoms with E-state index < -0.39 is 0 Å². The van der Waals surface area contributed by atoms with Gasteiger partial charge in [0, 0.05) is 26.2 Å². The van der Waals surface area contributed by atoms with Crippen LogP contribution in [-0.4, -0.2) is 50.7 Å². The van der Waals surface area contributed by atoms with E-state index in [2.05, 4.69) is 36.3 Å². The van der Waals surface area contributed by atoms with Gasteiger partial charge in [0.15, 0.2) is 0 Å². The molecule has 0 bridgehead atoms. The third kappa shape index (κ3) is 8.22. The lowest BCUT2D eigenvalue weighted by molar-refractivity contribution is 0.288. The summed E-state index contributed by atoms with van der Waals surface area (Å²) in [7, 11) is 0. The van der Waals surface area contributed by atoms with E-state index in [1.54, 1.807) is 0 Å². The van der Waals surface area contributed by atoms with E-state index in [1.807, 2.05) is 0 Å². The fourth-order valence-electron chi connectivity index (χ4n) is 1.26. The van der Waals surface area contributed by atoms with Gasteiger partial charge < -0.3 is 15.5 Å². The van der Waals surface area contributed by atoms with Crippen molar-refractivity contribution in [2.75, 3.05) is 45.8 Å². The van der Waals surface area contributed by atoms with Crippen LogP contribution in [0.5, 0.6) is 0 Å². The van der Waals surface area contributed by atoms with E-state index in [0.29, 0.717) is 0 Å². The molecule has 13 heavy (non-hydrogen) atoms. The second-order valence-electron chi connectivity index (χ2n) is 3.14. The zero-order valence-electron chi connectivity index (χ0n) is 9.40. The van der Waals surface area contributed by atoms with Crippen molar-refractivity contribution in [3.05, 3.63) is 0 Å². The van der Waals surface area contributed by atoms with Crippen molar-refractivity contribution in [3.63, 3.8) is 0 Å². The van der Waals surface area contributed by atoms with Crippen molar-refractivity contribution in [2.24, 2.45) is 0 Å². The van der Waals surface area contributed by atoms with Crippen LogP contribution < -0.4 is 10.6 Å². The van der Waals surface area contributed by atoms with Crippen LogP contribution in [0.1, 0.15) is 20.8 Å². The molecule has 0 saturated heterocycles. The Morgan fingerprint density at radius 3 is 1.62 bits per heavy atom. The van der Waals surface area contributed by atoms with Crippen molar-refractivity contribution in [2.45, 2.75) is 20.8 Å². The Balaban J connectivity index is 3.28. The summed E-state index contributed by atoms with van der Waals surface area (Å²) in [6.45, 7) is 14.4. The van der Waals surface area contributed by atoms with Gasteiger partial charge in [-0.3, -0.25) is 0 Å². The molecule has 0 saturated carbocycles. The van der Waals surface area contributed by atoms with Crippen molar-refractivity contribution in [1.82, 2.24) is 15.5 Å². The average molecular weight is 187 g/mol. The van der Waals surface area contributed by atoms with Gasteiger partial charge in [0.05, 0.1) is 0 Å². The van der Waals surface area contributed by atoms with E-state index in [1.165, 1.54) is 0 Å². The molecule has 0 aliphatic carbocycles. The smallest absolute Gasteiger partial charge is 0.0107 e. The second-order valence-corrected chi connectivity index (χ2v) is 3.14. The zero-order valence-corrected chi connectivity index (χ0v) is 9.40. The summed E-state index contributed by atoms with van der Waals surface area (Å²) in [6.07, 6.45) is 0. The molecule has 0 radical (unpaired) electrons. The summed E-state index contributed by atoms with van der Waals surface area (Å²) < 4.78 is 0. The van der Waals surface area contributed by atoms with E-state index in [0.717, 1.165) is 45.8 Å². The van der Waals surface area contributed by atoms with Crippen LogP contribution in [0.2, 0.25) is 0 Å². The Labute approximate surface area is 82.9 Å². The van der Waals surface area contributed by atoms with Crippen LogP contribution in [0.25, 0.3) is 0 Å². The van der Waals surface area contributed by atoms with E-state index in [4.69, 9.17) is 0 Å². The third-order valence-corrected chi connectivity index (χ3v) is 2.16. The molecule has 0 unspecified atom stereocenters. The second kappa shape index (κ2) is 9.96. The molecule has 0 rings (SSSR count). The molecule has 2 N–H and O–H groups in total. The van der Waals surface area contributed by atoms with Gasteiger partial charge in [-0.25, -0.2) is 0 Å². The standard InChI is InChI=1S/C10H25N3/c1-4-11-7-9-13(6-3)10-8-12-5-2/h11-12H,4-10H2,1-3H3. The lowest BCUT2D eigenvalue weighted by Crippen LogP contribution is -2.36. The lowest BCUT2D eigenvalue weighted by atomic mass is 10.4. The predicted octanol–water partition coefficient (Wildman–Crippen LogP) is 0.527. The van der Waals surface area contributed by atoms with Crippen molar-refractivity contribution < 1.29 is 0 Å². The molecule has 0 aromatic heterocycles. The summed E-state index contributed by atoms with van der Waals surface area (Å²) in [5.74, 6) is 0. The molecule has 0 fully saturated rings. The maximum Gasteiger partial charge on any atom is 0.0107 e. The van der Waals surface area contributed by atoms with Crippen LogP contribution in [0, 0.1) is 0 Å². The Morgan fingerprint density at radius 1 is 0.846 bits per heavy atom. The third-order valence-electron chi connectivity index (χ3n) is 2.16. The van der Waals surface area contributed by atoms with Gasteiger partial charge in [0.25, 0.3) is 0 Å². The Kier molecular flexibility index (Phi) is 9.87. The summed E-state index contributed by atoms with van der Waals surface area (Å²) in [5, 5.41) is 6.68. The highest BCUT2D eigenvalue weighted by Gasteiger charge is 1.99. The number of hydrogen-bond acceptors (Lipinski definition) is 3. The summed E-state index contributed by atoms with van der Waals surface area (Å²) in [5.41, 5.74) is 0. The molecule has 0 amide bonds. The Morgan fingerprint density at radius 2 is 1.31 bits per heavy atom. The van der Waals surface area contributed by atoms with E-state index in [-0.39, 0.29) is 0 Å². The minimum absolute atomic E-state index is 1.07. The highest BCUT2D eigenvalue weighted by atomic mass is 15.1. The van der Waals surface area contributed by atoms with Crippen LogP contribution in [0.4, 0.5) is 0 Å². The molecule has 0 aromatic carbocycles. The molecule has 80 valence electrons. The monoisotopic (exact) mass is 187 g/mol. The summed E-state index contributed by atoms with van der Waals surface area (Å²) in [6, 6.07) is 0. The highest BCUT2D eigenvalue weighted by Crippen LogP contribution is 1.84. The topological polar surface area (TPSA) is 27.3 Å². The first-order valence-electron chi connectivity index (χ1n) is 5.48. The molecular formula is C10H25N3. The number of nitrogens with zero attached hydrogens (tertiary/aromatic N) is 1. The number of rotatable bonds is 9. The molecule has 0 atom stereocenters. The minimum atomic E-state index is 1.07. The van der Waals surface area contributed by atoms with Crippen LogP contribution in [0.3, 0.4) is 0 Å². The molecule has 0 aliphatic heterocycles. The minimum Gasteiger partial charge on any atom is -0.316 e. The maximum atomic E-state index is 3.34. The fourth-order valence-corrected chi connectivity index (χ4v) is 1.26. The fraction of sp³-hybridized carbons (Fsp3) is 1.00. The van der Waals surface area contributed by atoms with Crippen LogP contribution in [0.15, 0.2) is 0 Å². The van der Waals surface area contributed by atoms with Crippen LogP contribution in [-0.2, 0) is 0 Å². The quantitative estimate of drug-likeness (QED) is 0.516. The van der Waals surface area contributed by atoms with Gasteiger partial charge in [0.1, 0.15) is 0 Å². The van der Waals surface area contributed by atoms with Gasteiger partial charge in [0.2, 0.25) is 0 Å². The zero-order chi connectivity index (χ0) is 9.94. The van der Waals surface area contributed by atoms with Gasteiger partial charge in [-0.05, 0) is 19.6 Å². The molecule has 0 heterocycles. The summed E-state index contributed by atoms with van der Waals surface area (Å²) in [4.78, 5) is 2.46. The molecular weight excluding hydrogens is 162 g/mol. The normalized spacial score (nSPS) is 11.1. The molecule has 3 heteroatoms. The predicted molar refractivity (Wildman–Crippen MR) is 59.2 cm³/mol. The van der Waals surface area contributed by atoms with E-state index in [9.17, 15) is 0 Å². The van der Waals surface area contributed by atoms with Crippen molar-refractivity contribution in [3.8, 4) is 0 Å². The lowest BCUT2D eigenvalue weighted by Gasteiger charge is -2.20. The number of nitrogens with one attached hydrogen (secondary N) is 2. The largest absolute Gasteiger partial charge is 0.316 e. The molecule has 0 spiro atoms. The van der Waals surface area contributed by atoms with Gasteiger partial charge in [-0.1, -0.05) is 20.8 Å². The Hall–Kier alpha value is -0.120. The molecule has 3 nitrogen and oxygen atoms in total. The first-order chi connectivity index (χ1) is 6.35. The number of hydrogen-bond donors (Lipinski definition) is 2. The first-order valence-corrected chi connectivity index (χ1v) is 5.48. The average Bonchev–Trinajstić information content (AvgIpc) is 2.16. The van der Waals surface area contributed by atoms with Gasteiger partial charge >= 0.3 is 0 Å². The van der Waals surface area contributed by atoms with Gasteiger partial charge in [-0.2, -0.15) is 0 Å². The van der Waals surface area contributed by atoms with Gasteiger partial charge in [-0.15, -0.1) is 0 Å². The van der Waals surface area contributed by atoms with Crippen LogP contribution >= 0.6 is 0 Å². The summed E-state index contributed by atoms with van der Waals surface area (Å²) >= 11 is 0. The first kappa shape index (κ1) is 12.9. The maximum absolute atomic E-state index is 3.34. The molecule has 0 aliphatic rings. The van der Waals surface area contributed by atoms with Crippen molar-refractivity contribution in [1.29, 1.82) is 0 Å². The van der Waals surface area contributed by atoms with E-state index >= 15 is 0 Å².